The van der Waals surface area contributed by atoms with Crippen LogP contribution in [0.2, 0.25) is 0 Å². The molecule has 0 saturated carbocycles. The zero-order valence-corrected chi connectivity index (χ0v) is 8.99. The molecule has 76 valence electrons. The van der Waals surface area contributed by atoms with Gasteiger partial charge >= 0.3 is 0 Å². The van der Waals surface area contributed by atoms with Gasteiger partial charge in [-0.15, -0.1) is 0 Å². The highest BCUT2D eigenvalue weighted by Crippen LogP contribution is 2.31. The summed E-state index contributed by atoms with van der Waals surface area (Å²) in [7, 11) is 0. The maximum absolute atomic E-state index is 5.68. The quantitative estimate of drug-likeness (QED) is 0.615. The predicted molar refractivity (Wildman–Crippen MR) is 53.8 cm³/mol. The summed E-state index contributed by atoms with van der Waals surface area (Å²) in [4.78, 5) is 2.68. The summed E-state index contributed by atoms with van der Waals surface area (Å²) in [5.41, 5.74) is 0. The largest absolute Gasteiger partial charge is 0.376 e. The third-order valence-electron chi connectivity index (χ3n) is 3.50. The molecule has 3 atom stereocenters. The van der Waals surface area contributed by atoms with Crippen molar-refractivity contribution in [2.24, 2.45) is 5.92 Å². The van der Waals surface area contributed by atoms with Crippen LogP contribution in [-0.2, 0) is 4.74 Å². The molecule has 0 spiro atoms. The molecule has 2 saturated heterocycles. The Morgan fingerprint density at radius 3 is 2.77 bits per heavy atom. The van der Waals surface area contributed by atoms with Gasteiger partial charge in [0.2, 0.25) is 0 Å². The molecular formula is C11H21NO. The van der Waals surface area contributed by atoms with Gasteiger partial charge in [-0.1, -0.05) is 13.8 Å². The Bertz CT molecular complexity index is 181. The van der Waals surface area contributed by atoms with Crippen LogP contribution < -0.4 is 0 Å². The van der Waals surface area contributed by atoms with Crippen LogP contribution in [0, 0.1) is 5.92 Å². The first-order valence-corrected chi connectivity index (χ1v) is 5.56. The highest BCUT2D eigenvalue weighted by atomic mass is 16.5. The molecule has 0 radical (unpaired) electrons. The van der Waals surface area contributed by atoms with Gasteiger partial charge in [-0.2, -0.15) is 0 Å². The van der Waals surface area contributed by atoms with Crippen LogP contribution in [0.4, 0.5) is 0 Å². The molecule has 0 aliphatic carbocycles. The van der Waals surface area contributed by atoms with E-state index >= 15 is 0 Å². The molecule has 0 aromatic rings. The van der Waals surface area contributed by atoms with Gasteiger partial charge in [0.15, 0.2) is 0 Å². The second kappa shape index (κ2) is 3.58. The molecule has 2 aliphatic rings. The molecule has 0 aromatic carbocycles. The Kier molecular flexibility index (Phi) is 2.61. The van der Waals surface area contributed by atoms with Crippen molar-refractivity contribution < 1.29 is 4.74 Å². The number of hydrogen-bond acceptors (Lipinski definition) is 2. The highest BCUT2D eigenvalue weighted by molar-refractivity contribution is 4.92. The second-order valence-corrected chi connectivity index (χ2v) is 4.88. The van der Waals surface area contributed by atoms with Gasteiger partial charge in [0.05, 0.1) is 12.7 Å². The monoisotopic (exact) mass is 183 g/mol. The van der Waals surface area contributed by atoms with Crippen molar-refractivity contribution in [3.05, 3.63) is 0 Å². The first-order chi connectivity index (χ1) is 6.18. The number of hydrogen-bond donors (Lipinski definition) is 0. The van der Waals surface area contributed by atoms with Crippen molar-refractivity contribution in [2.75, 3.05) is 13.2 Å². The lowest BCUT2D eigenvalue weighted by Gasteiger charge is -2.38. The maximum Gasteiger partial charge on any atom is 0.0674 e. The molecule has 0 bridgehead atoms. The van der Waals surface area contributed by atoms with E-state index in [1.807, 2.05) is 0 Å². The second-order valence-electron chi connectivity index (χ2n) is 4.88. The maximum atomic E-state index is 5.68. The normalized spacial score (nSPS) is 41.1. The van der Waals surface area contributed by atoms with Crippen molar-refractivity contribution in [1.82, 2.24) is 4.90 Å². The van der Waals surface area contributed by atoms with E-state index in [9.17, 15) is 0 Å². The van der Waals surface area contributed by atoms with Crippen LogP contribution in [0.3, 0.4) is 0 Å². The van der Waals surface area contributed by atoms with Gasteiger partial charge in [-0.25, -0.2) is 0 Å². The number of fused-ring (bicyclic) bond motifs is 1. The lowest BCUT2D eigenvalue weighted by atomic mass is 10.0. The minimum atomic E-state index is 0.440. The van der Waals surface area contributed by atoms with Gasteiger partial charge in [0.25, 0.3) is 0 Å². The number of nitrogens with zero attached hydrogens (tertiary/aromatic N) is 1. The third-order valence-corrected chi connectivity index (χ3v) is 3.50. The SMILES string of the molecule is CC1CN2C(CCC2C(C)C)CO1. The first-order valence-electron chi connectivity index (χ1n) is 5.56. The fraction of sp³-hybridized carbons (Fsp3) is 1.00. The van der Waals surface area contributed by atoms with Crippen molar-refractivity contribution in [3.8, 4) is 0 Å². The zero-order chi connectivity index (χ0) is 9.42. The molecule has 13 heavy (non-hydrogen) atoms. The standard InChI is InChI=1S/C11H21NO/c1-8(2)11-5-4-10-7-13-9(3)6-12(10)11/h8-11H,4-7H2,1-3H3. The average molecular weight is 183 g/mol. The number of morpholine rings is 1. The summed E-state index contributed by atoms with van der Waals surface area (Å²) in [5.74, 6) is 0.801. The van der Waals surface area contributed by atoms with Crippen molar-refractivity contribution >= 4 is 0 Å². The van der Waals surface area contributed by atoms with Crippen LogP contribution in [0.5, 0.6) is 0 Å². The summed E-state index contributed by atoms with van der Waals surface area (Å²) in [6.07, 6.45) is 3.16. The van der Waals surface area contributed by atoms with Gasteiger partial charge in [0, 0.05) is 18.6 Å². The topological polar surface area (TPSA) is 12.5 Å². The summed E-state index contributed by atoms with van der Waals surface area (Å²) < 4.78 is 5.68. The van der Waals surface area contributed by atoms with Gasteiger partial charge < -0.3 is 4.74 Å². The average Bonchev–Trinajstić information content (AvgIpc) is 2.46. The smallest absolute Gasteiger partial charge is 0.0674 e. The van der Waals surface area contributed by atoms with E-state index in [-0.39, 0.29) is 0 Å². The minimum Gasteiger partial charge on any atom is -0.376 e. The Hall–Kier alpha value is -0.0800. The van der Waals surface area contributed by atoms with E-state index in [4.69, 9.17) is 4.74 Å². The van der Waals surface area contributed by atoms with E-state index in [0.29, 0.717) is 6.10 Å². The summed E-state index contributed by atoms with van der Waals surface area (Å²) >= 11 is 0. The zero-order valence-electron chi connectivity index (χ0n) is 8.99. The Morgan fingerprint density at radius 2 is 2.08 bits per heavy atom. The molecule has 0 N–H and O–H groups in total. The van der Waals surface area contributed by atoms with Crippen LogP contribution in [0.15, 0.2) is 0 Å². The molecule has 3 unspecified atom stereocenters. The van der Waals surface area contributed by atoms with Crippen molar-refractivity contribution in [1.29, 1.82) is 0 Å². The van der Waals surface area contributed by atoms with Crippen LogP contribution in [0.1, 0.15) is 33.6 Å². The van der Waals surface area contributed by atoms with Crippen LogP contribution in [-0.4, -0.2) is 36.2 Å². The molecule has 2 nitrogen and oxygen atoms in total. The number of ether oxygens (including phenoxy) is 1. The van der Waals surface area contributed by atoms with Crippen molar-refractivity contribution in [3.63, 3.8) is 0 Å². The predicted octanol–water partition coefficient (Wildman–Crippen LogP) is 1.89. The van der Waals surface area contributed by atoms with E-state index in [1.165, 1.54) is 12.8 Å². The van der Waals surface area contributed by atoms with E-state index in [2.05, 4.69) is 25.7 Å². The first kappa shape index (κ1) is 9.47. The lowest BCUT2D eigenvalue weighted by molar-refractivity contribution is -0.0560. The van der Waals surface area contributed by atoms with Gasteiger partial charge in [0.1, 0.15) is 0 Å². The Morgan fingerprint density at radius 1 is 1.31 bits per heavy atom. The van der Waals surface area contributed by atoms with Crippen LogP contribution in [0.25, 0.3) is 0 Å². The minimum absolute atomic E-state index is 0.440. The molecule has 2 rings (SSSR count). The summed E-state index contributed by atoms with van der Waals surface area (Å²) in [6.45, 7) is 8.98. The third kappa shape index (κ3) is 1.75. The molecular weight excluding hydrogens is 162 g/mol. The Balaban J connectivity index is 2.02. The van der Waals surface area contributed by atoms with E-state index in [1.54, 1.807) is 0 Å². The molecule has 2 aliphatic heterocycles. The summed E-state index contributed by atoms with van der Waals surface area (Å²) in [6, 6.07) is 1.54. The lowest BCUT2D eigenvalue weighted by Crippen LogP contribution is -2.49. The number of rotatable bonds is 1. The molecule has 0 aromatic heterocycles. The summed E-state index contributed by atoms with van der Waals surface area (Å²) in [5, 5.41) is 0. The van der Waals surface area contributed by atoms with E-state index in [0.717, 1.165) is 31.2 Å². The molecule has 2 heterocycles. The Labute approximate surface area is 81.3 Å². The van der Waals surface area contributed by atoms with Gasteiger partial charge in [-0.3, -0.25) is 4.90 Å². The van der Waals surface area contributed by atoms with Crippen LogP contribution >= 0.6 is 0 Å². The highest BCUT2D eigenvalue weighted by Gasteiger charge is 2.38. The van der Waals surface area contributed by atoms with E-state index < -0.39 is 0 Å². The van der Waals surface area contributed by atoms with Crippen molar-refractivity contribution in [2.45, 2.75) is 51.8 Å². The van der Waals surface area contributed by atoms with Gasteiger partial charge in [-0.05, 0) is 25.7 Å². The molecule has 2 heteroatoms. The fourth-order valence-electron chi connectivity index (χ4n) is 2.77. The fourth-order valence-corrected chi connectivity index (χ4v) is 2.77. The molecule has 2 fully saturated rings. The molecule has 0 amide bonds.